The number of nitriles is 1. The van der Waals surface area contributed by atoms with Crippen LogP contribution in [-0.4, -0.2) is 5.11 Å². The zero-order valence-electron chi connectivity index (χ0n) is 11.2. The Morgan fingerprint density at radius 2 is 2.05 bits per heavy atom. The molecule has 0 saturated heterocycles. The van der Waals surface area contributed by atoms with Crippen LogP contribution >= 0.6 is 0 Å². The number of aromatic hydroxyl groups is 1. The Balaban J connectivity index is 2.69. The second-order valence-electron chi connectivity index (χ2n) is 4.70. The van der Waals surface area contributed by atoms with Crippen molar-refractivity contribution in [2.45, 2.75) is 19.8 Å². The van der Waals surface area contributed by atoms with Crippen LogP contribution in [0.1, 0.15) is 25.3 Å². The predicted octanol–water partition coefficient (Wildman–Crippen LogP) is 4.46. The zero-order valence-corrected chi connectivity index (χ0v) is 11.2. The minimum atomic E-state index is -0.0995. The van der Waals surface area contributed by atoms with E-state index in [1.54, 1.807) is 12.1 Å². The molecule has 1 N–H and O–H groups in total. The van der Waals surface area contributed by atoms with Gasteiger partial charge in [0.05, 0.1) is 6.07 Å². The number of hydrogen-bond acceptors (Lipinski definition) is 2. The lowest BCUT2D eigenvalue weighted by molar-refractivity contribution is 0.475. The van der Waals surface area contributed by atoms with E-state index in [0.29, 0.717) is 0 Å². The van der Waals surface area contributed by atoms with Crippen LogP contribution in [0.3, 0.4) is 0 Å². The van der Waals surface area contributed by atoms with Crippen molar-refractivity contribution in [1.82, 2.24) is 0 Å². The van der Waals surface area contributed by atoms with E-state index in [4.69, 9.17) is 5.26 Å². The van der Waals surface area contributed by atoms with E-state index >= 15 is 0 Å². The van der Waals surface area contributed by atoms with Gasteiger partial charge < -0.3 is 5.11 Å². The fraction of sp³-hybridized carbons (Fsp3) is 0.235. The van der Waals surface area contributed by atoms with Gasteiger partial charge >= 0.3 is 0 Å². The van der Waals surface area contributed by atoms with Crippen molar-refractivity contribution in [2.24, 2.45) is 5.41 Å². The Morgan fingerprint density at radius 1 is 1.37 bits per heavy atom. The number of phenolic OH excluding ortho intramolecular Hbond substituents is 1. The lowest BCUT2D eigenvalue weighted by Crippen LogP contribution is -2.08. The third-order valence-electron chi connectivity index (χ3n) is 3.06. The Labute approximate surface area is 115 Å². The molecule has 1 aromatic carbocycles. The van der Waals surface area contributed by atoms with Crippen LogP contribution in [0.2, 0.25) is 0 Å². The highest BCUT2D eigenvalue weighted by Crippen LogP contribution is 2.27. The highest BCUT2D eigenvalue weighted by molar-refractivity contribution is 5.51. The molecule has 0 bridgehead atoms. The second kappa shape index (κ2) is 7.23. The van der Waals surface area contributed by atoms with E-state index < -0.39 is 0 Å². The molecule has 0 spiro atoms. The van der Waals surface area contributed by atoms with Crippen LogP contribution in [0.5, 0.6) is 5.75 Å². The first kappa shape index (κ1) is 14.8. The smallest absolute Gasteiger partial charge is 0.115 e. The van der Waals surface area contributed by atoms with Gasteiger partial charge in [-0.15, -0.1) is 6.58 Å². The van der Waals surface area contributed by atoms with Crippen molar-refractivity contribution in [2.75, 3.05) is 0 Å². The maximum absolute atomic E-state index is 9.22. The highest BCUT2D eigenvalue weighted by atomic mass is 16.3. The van der Waals surface area contributed by atoms with Gasteiger partial charge in [0.15, 0.2) is 0 Å². The first-order valence-electron chi connectivity index (χ1n) is 6.26. The summed E-state index contributed by atoms with van der Waals surface area (Å²) in [6, 6.07) is 9.05. The lowest BCUT2D eigenvalue weighted by atomic mass is 9.84. The van der Waals surface area contributed by atoms with Crippen molar-refractivity contribution >= 4 is 6.08 Å². The van der Waals surface area contributed by atoms with Crippen LogP contribution in [0.25, 0.3) is 6.08 Å². The van der Waals surface area contributed by atoms with Crippen molar-refractivity contribution < 1.29 is 5.11 Å². The van der Waals surface area contributed by atoms with E-state index in [1.165, 1.54) is 6.08 Å². The first-order chi connectivity index (χ1) is 9.09. The molecule has 0 heterocycles. The molecule has 1 atom stereocenters. The van der Waals surface area contributed by atoms with Crippen molar-refractivity contribution in [3.63, 3.8) is 0 Å². The van der Waals surface area contributed by atoms with Crippen LogP contribution in [0.4, 0.5) is 0 Å². The highest BCUT2D eigenvalue weighted by Gasteiger charge is 2.14. The van der Waals surface area contributed by atoms with Gasteiger partial charge in [-0.3, -0.25) is 0 Å². The fourth-order valence-electron chi connectivity index (χ4n) is 1.66. The summed E-state index contributed by atoms with van der Waals surface area (Å²) in [5.41, 5.74) is 0.941. The SMILES string of the molecule is C=C[C@@](C)(/C=C/c1ccc(O)cc1)CC/C=C/C#N. The molecule has 1 aromatic rings. The number of allylic oxidation sites excluding steroid dienone is 4. The molecule has 0 fully saturated rings. The number of hydrogen-bond donors (Lipinski definition) is 1. The van der Waals surface area contributed by atoms with Crippen molar-refractivity contribution in [1.29, 1.82) is 5.26 Å². The summed E-state index contributed by atoms with van der Waals surface area (Å²) in [6.07, 6.45) is 11.2. The first-order valence-corrected chi connectivity index (χ1v) is 6.26. The summed E-state index contributed by atoms with van der Waals surface area (Å²) >= 11 is 0. The molecule has 2 heteroatoms. The van der Waals surface area contributed by atoms with Crippen LogP contribution in [0.15, 0.2) is 55.1 Å². The Kier molecular flexibility index (Phi) is 5.63. The van der Waals surface area contributed by atoms with Crippen molar-refractivity contribution in [3.8, 4) is 11.8 Å². The molecule has 0 saturated carbocycles. The summed E-state index contributed by atoms with van der Waals surface area (Å²) in [7, 11) is 0. The molecule has 0 aromatic heterocycles. The summed E-state index contributed by atoms with van der Waals surface area (Å²) in [6.45, 7) is 5.99. The molecule has 1 rings (SSSR count). The predicted molar refractivity (Wildman–Crippen MR) is 79.4 cm³/mol. The van der Waals surface area contributed by atoms with Crippen LogP contribution < -0.4 is 0 Å². The Hall–Kier alpha value is -2.27. The third kappa shape index (κ3) is 5.27. The average molecular weight is 253 g/mol. The summed E-state index contributed by atoms with van der Waals surface area (Å²) in [5, 5.41) is 17.7. The minimum absolute atomic E-state index is 0.0995. The number of phenols is 1. The second-order valence-corrected chi connectivity index (χ2v) is 4.70. The Bertz CT molecular complexity index is 505. The maximum Gasteiger partial charge on any atom is 0.115 e. The quantitative estimate of drug-likeness (QED) is 0.601. The van der Waals surface area contributed by atoms with E-state index in [0.717, 1.165) is 18.4 Å². The molecular weight excluding hydrogens is 234 g/mol. The zero-order chi connectivity index (χ0) is 14.1. The van der Waals surface area contributed by atoms with Gasteiger partial charge in [-0.25, -0.2) is 0 Å². The van der Waals surface area contributed by atoms with Gasteiger partial charge in [0.2, 0.25) is 0 Å². The summed E-state index contributed by atoms with van der Waals surface area (Å²) < 4.78 is 0. The molecule has 0 amide bonds. The standard InChI is InChI=1S/C17H19NO/c1-3-17(2,12-5-4-6-14-18)13-11-15-7-9-16(19)10-8-15/h3-4,6-11,13,19H,1,5,12H2,2H3/b6-4+,13-11+/t17-/m1/s1. The minimum Gasteiger partial charge on any atom is -0.508 e. The van der Waals surface area contributed by atoms with Gasteiger partial charge in [0.25, 0.3) is 0 Å². The Morgan fingerprint density at radius 3 is 2.63 bits per heavy atom. The normalized spacial score (nSPS) is 14.3. The molecule has 0 radical (unpaired) electrons. The molecule has 98 valence electrons. The average Bonchev–Trinajstić information content (AvgIpc) is 2.43. The van der Waals surface area contributed by atoms with Gasteiger partial charge in [0.1, 0.15) is 5.75 Å². The number of nitrogens with zero attached hydrogens (tertiary/aromatic N) is 1. The topological polar surface area (TPSA) is 44.0 Å². The molecule has 0 unspecified atom stereocenters. The van der Waals surface area contributed by atoms with Gasteiger partial charge in [-0.2, -0.15) is 5.26 Å². The lowest BCUT2D eigenvalue weighted by Gasteiger charge is -2.20. The monoisotopic (exact) mass is 253 g/mol. The van der Waals surface area contributed by atoms with E-state index in [2.05, 4.69) is 19.6 Å². The van der Waals surface area contributed by atoms with Gasteiger partial charge in [-0.1, -0.05) is 43.4 Å². The van der Waals surface area contributed by atoms with Gasteiger partial charge in [-0.05, 0) is 30.5 Å². The molecule has 0 aliphatic rings. The molecule has 19 heavy (non-hydrogen) atoms. The number of benzene rings is 1. The van der Waals surface area contributed by atoms with Gasteiger partial charge in [0, 0.05) is 11.5 Å². The van der Waals surface area contributed by atoms with Crippen LogP contribution in [-0.2, 0) is 0 Å². The summed E-state index contributed by atoms with van der Waals surface area (Å²) in [4.78, 5) is 0. The largest absolute Gasteiger partial charge is 0.508 e. The molecule has 2 nitrogen and oxygen atoms in total. The molecule has 0 aliphatic carbocycles. The van der Waals surface area contributed by atoms with E-state index in [-0.39, 0.29) is 11.2 Å². The number of rotatable bonds is 6. The van der Waals surface area contributed by atoms with E-state index in [9.17, 15) is 5.11 Å². The maximum atomic E-state index is 9.22. The molecule has 0 aliphatic heterocycles. The van der Waals surface area contributed by atoms with E-state index in [1.807, 2.05) is 36.4 Å². The van der Waals surface area contributed by atoms with Crippen molar-refractivity contribution in [3.05, 3.63) is 60.7 Å². The van der Waals surface area contributed by atoms with Crippen LogP contribution in [0, 0.1) is 16.7 Å². The fourth-order valence-corrected chi connectivity index (χ4v) is 1.66. The summed E-state index contributed by atoms with van der Waals surface area (Å²) in [5.74, 6) is 0.269. The third-order valence-corrected chi connectivity index (χ3v) is 3.06. The molecular formula is C17H19NO.